The zero-order chi connectivity index (χ0) is 14.0. The molecule has 0 unspecified atom stereocenters. The highest BCUT2D eigenvalue weighted by Crippen LogP contribution is 2.26. The molecule has 0 aliphatic heterocycles. The zero-order valence-corrected chi connectivity index (χ0v) is 12.9. The number of thiophene rings is 1. The molecule has 0 bridgehead atoms. The van der Waals surface area contributed by atoms with Gasteiger partial charge in [0, 0.05) is 24.0 Å². The fraction of sp³-hybridized carbons (Fsp3) is 0.667. The molecule has 0 spiro atoms. The lowest BCUT2D eigenvalue weighted by atomic mass is 10.3. The van der Waals surface area contributed by atoms with Crippen LogP contribution in [0.1, 0.15) is 23.3 Å². The van der Waals surface area contributed by atoms with Crippen molar-refractivity contribution in [2.45, 2.75) is 36.6 Å². The normalized spacial score (nSPS) is 16.2. The molecule has 0 aromatic carbocycles. The molecule has 1 aromatic heterocycles. The van der Waals surface area contributed by atoms with Gasteiger partial charge < -0.3 is 10.0 Å². The van der Waals surface area contributed by atoms with E-state index in [2.05, 4.69) is 9.62 Å². The number of hydrogen-bond acceptors (Lipinski definition) is 5. The van der Waals surface area contributed by atoms with E-state index in [1.807, 2.05) is 14.0 Å². The van der Waals surface area contributed by atoms with Gasteiger partial charge in [0.1, 0.15) is 4.21 Å². The van der Waals surface area contributed by atoms with E-state index >= 15 is 0 Å². The quantitative estimate of drug-likeness (QED) is 0.786. The lowest BCUT2D eigenvalue weighted by Gasteiger charge is -2.15. The second kappa shape index (κ2) is 5.88. The molecular formula is C12H20N2O3S2. The van der Waals surface area contributed by atoms with Crippen LogP contribution >= 0.6 is 11.3 Å². The van der Waals surface area contributed by atoms with E-state index in [-0.39, 0.29) is 10.8 Å². The van der Waals surface area contributed by atoms with Crippen LogP contribution in [0.25, 0.3) is 0 Å². The minimum Gasteiger partial charge on any atom is -0.391 e. The summed E-state index contributed by atoms with van der Waals surface area (Å²) in [5, 5.41) is 9.10. The monoisotopic (exact) mass is 304 g/mol. The van der Waals surface area contributed by atoms with Crippen LogP contribution in [0, 0.1) is 6.92 Å². The number of nitrogens with one attached hydrogen (secondary N) is 1. The summed E-state index contributed by atoms with van der Waals surface area (Å²) in [5.74, 6) is 0. The van der Waals surface area contributed by atoms with Crippen molar-refractivity contribution in [3.05, 3.63) is 16.5 Å². The molecule has 1 heterocycles. The van der Waals surface area contributed by atoms with E-state index in [0.717, 1.165) is 23.4 Å². The summed E-state index contributed by atoms with van der Waals surface area (Å²) in [6, 6.07) is 2.25. The van der Waals surface area contributed by atoms with Crippen LogP contribution < -0.4 is 4.72 Å². The number of likely N-dealkylation sites (N-methyl/N-ethyl adjacent to an activating group) is 1. The smallest absolute Gasteiger partial charge is 0.250 e. The molecular weight excluding hydrogens is 284 g/mol. The highest BCUT2D eigenvalue weighted by atomic mass is 32.2. The van der Waals surface area contributed by atoms with Crippen molar-refractivity contribution < 1.29 is 13.5 Å². The van der Waals surface area contributed by atoms with E-state index < -0.39 is 10.0 Å². The van der Waals surface area contributed by atoms with E-state index in [9.17, 15) is 8.42 Å². The lowest BCUT2D eigenvalue weighted by molar-refractivity contribution is 0.285. The molecule has 19 heavy (non-hydrogen) atoms. The number of hydrogen-bond donors (Lipinski definition) is 2. The predicted molar refractivity (Wildman–Crippen MR) is 75.8 cm³/mol. The van der Waals surface area contributed by atoms with Gasteiger partial charge in [0.15, 0.2) is 0 Å². The van der Waals surface area contributed by atoms with Crippen molar-refractivity contribution in [3.63, 3.8) is 0 Å². The third kappa shape index (κ3) is 3.76. The summed E-state index contributed by atoms with van der Waals surface area (Å²) in [7, 11) is -1.42. The van der Waals surface area contributed by atoms with Crippen molar-refractivity contribution >= 4 is 21.4 Å². The predicted octanol–water partition coefficient (Wildman–Crippen LogP) is 0.921. The average molecular weight is 304 g/mol. The van der Waals surface area contributed by atoms with Gasteiger partial charge >= 0.3 is 0 Å². The molecule has 1 fully saturated rings. The Morgan fingerprint density at radius 2 is 2.21 bits per heavy atom. The van der Waals surface area contributed by atoms with Gasteiger partial charge in [-0.05, 0) is 38.4 Å². The number of aliphatic hydroxyl groups excluding tert-OH is 1. The molecule has 0 amide bonds. The van der Waals surface area contributed by atoms with Crippen molar-refractivity contribution in [2.24, 2.45) is 0 Å². The summed E-state index contributed by atoms with van der Waals surface area (Å²) in [6.07, 6.45) is 2.43. The SMILES string of the molecule is Cc1cc(S(=O)(=O)NCCN(C)C2CC2)sc1CO. The van der Waals surface area contributed by atoms with Crippen molar-refractivity contribution in [1.82, 2.24) is 9.62 Å². The van der Waals surface area contributed by atoms with Gasteiger partial charge in [-0.25, -0.2) is 13.1 Å². The summed E-state index contributed by atoms with van der Waals surface area (Å²) in [5.41, 5.74) is 0.822. The topological polar surface area (TPSA) is 69.6 Å². The van der Waals surface area contributed by atoms with Gasteiger partial charge in [-0.15, -0.1) is 11.3 Å². The van der Waals surface area contributed by atoms with E-state index in [1.165, 1.54) is 12.8 Å². The maximum absolute atomic E-state index is 12.1. The maximum atomic E-state index is 12.1. The van der Waals surface area contributed by atoms with Gasteiger partial charge in [-0.3, -0.25) is 0 Å². The van der Waals surface area contributed by atoms with Crippen LogP contribution in [0.15, 0.2) is 10.3 Å². The number of aryl methyl sites for hydroxylation is 1. The summed E-state index contributed by atoms with van der Waals surface area (Å²) in [6.45, 7) is 2.83. The Hall–Kier alpha value is -0.470. The molecule has 2 rings (SSSR count). The van der Waals surface area contributed by atoms with Crippen molar-refractivity contribution in [3.8, 4) is 0 Å². The Labute approximate surface area is 118 Å². The largest absolute Gasteiger partial charge is 0.391 e. The number of sulfonamides is 1. The fourth-order valence-electron chi connectivity index (χ4n) is 1.90. The highest BCUT2D eigenvalue weighted by Gasteiger charge is 2.26. The van der Waals surface area contributed by atoms with Crippen LogP contribution in [0.3, 0.4) is 0 Å². The van der Waals surface area contributed by atoms with E-state index in [1.54, 1.807) is 6.07 Å². The van der Waals surface area contributed by atoms with Crippen LogP contribution in [-0.4, -0.2) is 44.6 Å². The Kier molecular flexibility index (Phi) is 4.62. The summed E-state index contributed by atoms with van der Waals surface area (Å²) >= 11 is 1.13. The lowest BCUT2D eigenvalue weighted by Crippen LogP contribution is -2.33. The Morgan fingerprint density at radius 3 is 2.74 bits per heavy atom. The Morgan fingerprint density at radius 1 is 1.53 bits per heavy atom. The van der Waals surface area contributed by atoms with Gasteiger partial charge in [0.05, 0.1) is 6.61 Å². The molecule has 0 radical (unpaired) electrons. The molecule has 0 saturated heterocycles. The standard InChI is InChI=1S/C12H20N2O3S2/c1-9-7-12(18-11(9)8-15)19(16,17)13-5-6-14(2)10-3-4-10/h7,10,13,15H,3-6,8H2,1-2H3. The average Bonchev–Trinajstić information content (AvgIpc) is 3.12. The molecule has 2 N–H and O–H groups in total. The van der Waals surface area contributed by atoms with Gasteiger partial charge in [0.25, 0.3) is 0 Å². The minimum atomic E-state index is -3.44. The molecule has 1 saturated carbocycles. The van der Waals surface area contributed by atoms with Gasteiger partial charge in [0.2, 0.25) is 10.0 Å². The second-order valence-electron chi connectivity index (χ2n) is 4.94. The zero-order valence-electron chi connectivity index (χ0n) is 11.2. The van der Waals surface area contributed by atoms with Gasteiger partial charge in [-0.1, -0.05) is 0 Å². The molecule has 1 aromatic rings. The van der Waals surface area contributed by atoms with Crippen LogP contribution in [-0.2, 0) is 16.6 Å². The first-order valence-electron chi connectivity index (χ1n) is 6.34. The van der Waals surface area contributed by atoms with E-state index in [0.29, 0.717) is 17.5 Å². The first kappa shape index (κ1) is 14.9. The molecule has 1 aliphatic rings. The first-order valence-corrected chi connectivity index (χ1v) is 8.64. The van der Waals surface area contributed by atoms with Crippen LogP contribution in [0.4, 0.5) is 0 Å². The first-order chi connectivity index (χ1) is 8.94. The molecule has 5 nitrogen and oxygen atoms in total. The number of aliphatic hydroxyl groups is 1. The third-order valence-corrected chi connectivity index (χ3v) is 6.49. The molecule has 1 aliphatic carbocycles. The van der Waals surface area contributed by atoms with Crippen molar-refractivity contribution in [1.29, 1.82) is 0 Å². The minimum absolute atomic E-state index is 0.115. The van der Waals surface area contributed by atoms with Crippen LogP contribution in [0.5, 0.6) is 0 Å². The third-order valence-electron chi connectivity index (χ3n) is 3.33. The summed E-state index contributed by atoms with van der Waals surface area (Å²) < 4.78 is 27.1. The number of nitrogens with zero attached hydrogens (tertiary/aromatic N) is 1. The Balaban J connectivity index is 1.93. The molecule has 0 atom stereocenters. The van der Waals surface area contributed by atoms with Crippen molar-refractivity contribution in [2.75, 3.05) is 20.1 Å². The second-order valence-corrected chi connectivity index (χ2v) is 8.07. The maximum Gasteiger partial charge on any atom is 0.250 e. The Bertz CT molecular complexity index is 535. The molecule has 108 valence electrons. The highest BCUT2D eigenvalue weighted by molar-refractivity contribution is 7.91. The fourth-order valence-corrected chi connectivity index (χ4v) is 4.42. The molecule has 7 heteroatoms. The van der Waals surface area contributed by atoms with Gasteiger partial charge in [-0.2, -0.15) is 0 Å². The van der Waals surface area contributed by atoms with E-state index in [4.69, 9.17) is 5.11 Å². The summed E-state index contributed by atoms with van der Waals surface area (Å²) in [4.78, 5) is 2.89. The number of rotatable bonds is 7. The van der Waals surface area contributed by atoms with Crippen LogP contribution in [0.2, 0.25) is 0 Å².